The number of primary amides is 1. The third-order valence-corrected chi connectivity index (χ3v) is 8.00. The molecule has 5 rings (SSSR count). The number of carbonyl (C=O) groups excluding carboxylic acids is 3. The molecule has 0 spiro atoms. The number of aliphatic hydroxyl groups is 3. The number of rotatable bonds is 3. The molecule has 2 aromatic rings. The second-order valence-corrected chi connectivity index (χ2v) is 10.6. The molecule has 0 unspecified atom stereocenters. The number of likely N-dealkylation sites (N-methyl/N-ethyl adjacent to an activating group) is 1. The highest BCUT2D eigenvalue weighted by Crippen LogP contribution is 2.53. The minimum Gasteiger partial charge on any atom is -0.508 e. The number of pyridine rings is 1. The summed E-state index contributed by atoms with van der Waals surface area (Å²) in [4.78, 5) is 45.1. The van der Waals surface area contributed by atoms with Crippen molar-refractivity contribution in [1.29, 1.82) is 0 Å². The minimum atomic E-state index is -2.66. The van der Waals surface area contributed by atoms with Crippen LogP contribution in [0.3, 0.4) is 0 Å². The molecule has 6 N–H and O–H groups in total. The van der Waals surface area contributed by atoms with E-state index in [1.54, 1.807) is 20.2 Å². The molecule has 1 saturated carbocycles. The van der Waals surface area contributed by atoms with Crippen molar-refractivity contribution in [3.8, 4) is 16.9 Å². The Labute approximate surface area is 218 Å². The van der Waals surface area contributed by atoms with E-state index in [0.29, 0.717) is 5.56 Å². The lowest BCUT2D eigenvalue weighted by Gasteiger charge is -2.50. The van der Waals surface area contributed by atoms with Crippen LogP contribution >= 0.6 is 0 Å². The number of phenolic OH excluding ortho intramolecular Hbond substituents is 1. The van der Waals surface area contributed by atoms with E-state index in [-0.39, 0.29) is 29.7 Å². The molecule has 0 radical (unpaired) electrons. The van der Waals surface area contributed by atoms with Crippen molar-refractivity contribution >= 4 is 23.2 Å². The van der Waals surface area contributed by atoms with Gasteiger partial charge in [-0.15, -0.1) is 0 Å². The Morgan fingerprint density at radius 1 is 1.11 bits per heavy atom. The predicted molar refractivity (Wildman–Crippen MR) is 137 cm³/mol. The van der Waals surface area contributed by atoms with Crippen LogP contribution in [0.25, 0.3) is 16.9 Å². The summed E-state index contributed by atoms with van der Waals surface area (Å²) in [5.74, 6) is -6.69. The Bertz CT molecular complexity index is 1490. The largest absolute Gasteiger partial charge is 0.508 e. The Morgan fingerprint density at radius 2 is 1.74 bits per heavy atom. The highest BCUT2D eigenvalue weighted by Gasteiger charge is 2.64. The van der Waals surface area contributed by atoms with Crippen LogP contribution in [0.15, 0.2) is 41.2 Å². The molecule has 0 bridgehead atoms. The van der Waals surface area contributed by atoms with Crippen molar-refractivity contribution in [2.75, 3.05) is 14.1 Å². The fourth-order valence-electron chi connectivity index (χ4n) is 6.50. The smallest absolute Gasteiger partial charge is 0.255 e. The highest BCUT2D eigenvalue weighted by atomic mass is 16.3. The topological polar surface area (TPSA) is 174 Å². The fraction of sp³-hybridized carbons (Fsp3) is 0.357. The van der Waals surface area contributed by atoms with Crippen molar-refractivity contribution < 1.29 is 34.8 Å². The number of ketones is 2. The van der Waals surface area contributed by atoms with Gasteiger partial charge in [0.15, 0.2) is 11.4 Å². The summed E-state index contributed by atoms with van der Waals surface area (Å²) < 4.78 is 0. The number of aryl methyl sites for hydroxylation is 2. The van der Waals surface area contributed by atoms with Gasteiger partial charge in [-0.2, -0.15) is 0 Å². The Balaban J connectivity index is 1.75. The quantitative estimate of drug-likeness (QED) is 0.378. The van der Waals surface area contributed by atoms with Gasteiger partial charge in [-0.1, -0.05) is 6.07 Å². The van der Waals surface area contributed by atoms with Crippen molar-refractivity contribution in [2.24, 2.45) is 17.6 Å². The normalized spacial score (nSPS) is 26.8. The number of hydrogen-bond acceptors (Lipinski definition) is 9. The maximum Gasteiger partial charge on any atom is 0.255 e. The van der Waals surface area contributed by atoms with Crippen molar-refractivity contribution in [2.45, 2.75) is 38.3 Å². The molecule has 10 nitrogen and oxygen atoms in total. The van der Waals surface area contributed by atoms with E-state index in [9.17, 15) is 34.8 Å². The molecule has 1 amide bonds. The summed E-state index contributed by atoms with van der Waals surface area (Å²) in [6.45, 7) is 3.72. The number of amides is 1. The molecule has 3 aliphatic rings. The molecule has 38 heavy (non-hydrogen) atoms. The number of hydrogen-bond donors (Lipinski definition) is 5. The number of Topliss-reactive ketones (excluding diaryl/α,β-unsaturated/α-hetero) is 2. The van der Waals surface area contributed by atoms with Gasteiger partial charge < -0.3 is 26.2 Å². The van der Waals surface area contributed by atoms with Crippen molar-refractivity contribution in [3.05, 3.63) is 63.7 Å². The van der Waals surface area contributed by atoms with Gasteiger partial charge in [0.1, 0.15) is 22.8 Å². The molecule has 10 heteroatoms. The maximum absolute atomic E-state index is 13.9. The van der Waals surface area contributed by atoms with Gasteiger partial charge in [0.25, 0.3) is 5.91 Å². The lowest BCUT2D eigenvalue weighted by Crippen LogP contribution is -2.65. The average Bonchev–Trinajstić information content (AvgIpc) is 2.80. The van der Waals surface area contributed by atoms with E-state index >= 15 is 0 Å². The maximum atomic E-state index is 13.9. The first-order valence-electron chi connectivity index (χ1n) is 12.2. The number of nitrogens with two attached hydrogens (primary N) is 1. The average molecular weight is 520 g/mol. The molecule has 198 valence electrons. The molecule has 0 saturated heterocycles. The lowest BCUT2D eigenvalue weighted by atomic mass is 9.57. The number of aromatic nitrogens is 1. The van der Waals surface area contributed by atoms with Crippen LogP contribution in [0.1, 0.15) is 28.9 Å². The zero-order chi connectivity index (χ0) is 27.8. The molecule has 1 aromatic carbocycles. The minimum absolute atomic E-state index is 0.0370. The second kappa shape index (κ2) is 8.50. The molecule has 1 aromatic heterocycles. The zero-order valence-electron chi connectivity index (χ0n) is 21.4. The number of nitrogens with zero attached hydrogens (tertiary/aromatic N) is 2. The summed E-state index contributed by atoms with van der Waals surface area (Å²) in [7, 11) is 3.13. The van der Waals surface area contributed by atoms with E-state index in [1.807, 2.05) is 26.0 Å². The summed E-state index contributed by atoms with van der Waals surface area (Å²) >= 11 is 0. The van der Waals surface area contributed by atoms with Crippen molar-refractivity contribution in [1.82, 2.24) is 9.88 Å². The number of phenols is 1. The number of benzene rings is 1. The molecule has 1 heterocycles. The van der Waals surface area contributed by atoms with E-state index in [4.69, 9.17) is 5.73 Å². The first-order valence-corrected chi connectivity index (χ1v) is 12.2. The lowest BCUT2D eigenvalue weighted by molar-refractivity contribution is -0.153. The van der Waals surface area contributed by atoms with Crippen LogP contribution in [-0.4, -0.2) is 73.5 Å². The highest BCUT2D eigenvalue weighted by molar-refractivity contribution is 6.24. The molecule has 4 atom stereocenters. The Morgan fingerprint density at radius 3 is 2.32 bits per heavy atom. The molecular formula is C28H29N3O7. The fourth-order valence-corrected chi connectivity index (χ4v) is 6.50. The van der Waals surface area contributed by atoms with Gasteiger partial charge in [-0.05, 0) is 81.6 Å². The third kappa shape index (κ3) is 3.40. The van der Waals surface area contributed by atoms with E-state index in [1.165, 1.54) is 11.0 Å². The summed E-state index contributed by atoms with van der Waals surface area (Å²) in [6, 6.07) is 5.81. The van der Waals surface area contributed by atoms with Crippen LogP contribution in [-0.2, 0) is 20.8 Å². The molecule has 3 aliphatic carbocycles. The van der Waals surface area contributed by atoms with Crippen LogP contribution in [0.5, 0.6) is 5.75 Å². The van der Waals surface area contributed by atoms with Gasteiger partial charge in [-0.25, -0.2) is 0 Å². The predicted octanol–water partition coefficient (Wildman–Crippen LogP) is 1.64. The summed E-state index contributed by atoms with van der Waals surface area (Å²) in [5.41, 5.74) is 5.51. The van der Waals surface area contributed by atoms with E-state index in [0.717, 1.165) is 22.5 Å². The van der Waals surface area contributed by atoms with Crippen LogP contribution in [0.2, 0.25) is 0 Å². The van der Waals surface area contributed by atoms with Crippen LogP contribution in [0, 0.1) is 25.7 Å². The molecule has 1 fully saturated rings. The first kappa shape index (κ1) is 25.6. The Hall–Kier alpha value is -4.02. The standard InChI is InChI=1S/C28H29N3O7/c1-11-7-13(8-12(2)30-11)15-5-6-18(32)20-16(15)9-14-10-17-22(31(3)4)24(34)21(27(29)37)26(36)28(17,38)25(35)19(14)23(20)33/h5-8,14,17,22,32-33,36,38H,9-10H2,1-4H3,(H2,29,37)/t14-,17+,22-,28-/m0/s1. The number of aliphatic hydroxyl groups excluding tert-OH is 2. The number of carbonyl (C=O) groups is 3. The molecular weight excluding hydrogens is 490 g/mol. The van der Waals surface area contributed by atoms with E-state index in [2.05, 4.69) is 4.98 Å². The SMILES string of the molecule is Cc1cc(-c2ccc(O)c3c2C[C@H]2C[C@@H]4[C@H](N(C)C)C(=O)C(C(N)=O)=C(O)[C@@]4(O)C(=O)C2=C3O)cc(C)n1. The zero-order valence-corrected chi connectivity index (χ0v) is 21.4. The van der Waals surface area contributed by atoms with E-state index < -0.39 is 58.0 Å². The van der Waals surface area contributed by atoms with Crippen LogP contribution in [0.4, 0.5) is 0 Å². The number of fused-ring (bicyclic) bond motifs is 3. The van der Waals surface area contributed by atoms with Gasteiger partial charge in [0, 0.05) is 22.9 Å². The van der Waals surface area contributed by atoms with Gasteiger partial charge in [0.2, 0.25) is 5.78 Å². The number of aromatic hydroxyl groups is 1. The van der Waals surface area contributed by atoms with Crippen molar-refractivity contribution in [3.63, 3.8) is 0 Å². The molecule has 0 aliphatic heterocycles. The van der Waals surface area contributed by atoms with Crippen LogP contribution < -0.4 is 5.73 Å². The van der Waals surface area contributed by atoms with Gasteiger partial charge in [0.05, 0.1) is 11.6 Å². The Kier molecular flexibility index (Phi) is 5.73. The summed E-state index contributed by atoms with van der Waals surface area (Å²) in [5, 5.41) is 44.7. The first-order chi connectivity index (χ1) is 17.8. The monoisotopic (exact) mass is 519 g/mol. The second-order valence-electron chi connectivity index (χ2n) is 10.6. The van der Waals surface area contributed by atoms with Gasteiger partial charge in [-0.3, -0.25) is 24.3 Å². The van der Waals surface area contributed by atoms with Gasteiger partial charge >= 0.3 is 0 Å². The third-order valence-electron chi connectivity index (χ3n) is 8.00. The summed E-state index contributed by atoms with van der Waals surface area (Å²) in [6.07, 6.45) is 0.258.